The summed E-state index contributed by atoms with van der Waals surface area (Å²) >= 11 is 6.84. The zero-order valence-corrected chi connectivity index (χ0v) is 14.0. The van der Waals surface area contributed by atoms with E-state index < -0.39 is 10.8 Å². The van der Waals surface area contributed by atoms with Crippen LogP contribution in [-0.2, 0) is 10.8 Å². The van der Waals surface area contributed by atoms with Crippen LogP contribution in [0.5, 0.6) is 0 Å². The number of hydrogen-bond acceptors (Lipinski definition) is 1. The molecular weight excluding hydrogens is 376 g/mol. The molecule has 0 amide bonds. The van der Waals surface area contributed by atoms with Crippen LogP contribution in [0.15, 0.2) is 55.1 Å². The van der Waals surface area contributed by atoms with Crippen molar-refractivity contribution >= 4 is 42.7 Å². The fourth-order valence-corrected chi connectivity index (χ4v) is 4.03. The highest BCUT2D eigenvalue weighted by molar-refractivity contribution is 9.10. The highest BCUT2D eigenvalue weighted by Gasteiger charge is 2.12. The Labute approximate surface area is 126 Å². The van der Waals surface area contributed by atoms with Gasteiger partial charge in [0.2, 0.25) is 0 Å². The summed E-state index contributed by atoms with van der Waals surface area (Å²) in [6.07, 6.45) is 0. The normalized spacial score (nSPS) is 10.9. The van der Waals surface area contributed by atoms with Crippen molar-refractivity contribution in [2.75, 3.05) is 0 Å². The average molecular weight is 388 g/mol. The van der Waals surface area contributed by atoms with Crippen LogP contribution >= 0.6 is 31.9 Å². The molecule has 0 aliphatic heterocycles. The molecule has 94 valence electrons. The van der Waals surface area contributed by atoms with Crippen LogP contribution in [0.4, 0.5) is 0 Å². The summed E-state index contributed by atoms with van der Waals surface area (Å²) in [6.45, 7) is 3.96. The van der Waals surface area contributed by atoms with Crippen LogP contribution in [0.1, 0.15) is 11.1 Å². The summed E-state index contributed by atoms with van der Waals surface area (Å²) in [5.41, 5.74) is 2.06. The molecule has 0 heterocycles. The van der Waals surface area contributed by atoms with Crippen LogP contribution in [0.25, 0.3) is 0 Å². The molecule has 0 saturated carbocycles. The van der Waals surface area contributed by atoms with Gasteiger partial charge in [-0.1, -0.05) is 31.9 Å². The van der Waals surface area contributed by atoms with Gasteiger partial charge < -0.3 is 0 Å². The third-order valence-corrected chi connectivity index (χ3v) is 5.37. The lowest BCUT2D eigenvalue weighted by molar-refractivity contribution is 0.682. The van der Waals surface area contributed by atoms with Crippen molar-refractivity contribution in [2.45, 2.75) is 23.6 Å². The maximum absolute atomic E-state index is 12.6. The van der Waals surface area contributed by atoms with Crippen molar-refractivity contribution in [1.29, 1.82) is 0 Å². The van der Waals surface area contributed by atoms with Crippen molar-refractivity contribution in [3.05, 3.63) is 56.5 Å². The zero-order valence-electron chi connectivity index (χ0n) is 10.0. The Kier molecular flexibility index (Phi) is 4.41. The molecule has 0 N–H and O–H groups in total. The maximum Gasteiger partial charge on any atom is 0.0855 e. The molecule has 0 fully saturated rings. The molecule has 0 atom stereocenters. The lowest BCUT2D eigenvalue weighted by Gasteiger charge is -2.09. The van der Waals surface area contributed by atoms with Crippen molar-refractivity contribution in [3.63, 3.8) is 0 Å². The molecule has 0 spiro atoms. The highest BCUT2D eigenvalue weighted by Crippen LogP contribution is 2.26. The number of hydrogen-bond donors (Lipinski definition) is 0. The van der Waals surface area contributed by atoms with Crippen molar-refractivity contribution in [1.82, 2.24) is 0 Å². The smallest absolute Gasteiger partial charge is 0.0855 e. The Morgan fingerprint density at radius 3 is 1.56 bits per heavy atom. The molecule has 0 bridgehead atoms. The van der Waals surface area contributed by atoms with Crippen LogP contribution in [-0.4, -0.2) is 4.21 Å². The Hall–Kier alpha value is -0.450. The summed E-state index contributed by atoms with van der Waals surface area (Å²) in [5.74, 6) is 0. The Balaban J connectivity index is 2.48. The molecule has 0 aliphatic rings. The van der Waals surface area contributed by atoms with E-state index >= 15 is 0 Å². The Bertz CT molecular complexity index is 570. The van der Waals surface area contributed by atoms with E-state index in [4.69, 9.17) is 0 Å². The number of halogens is 2. The van der Waals surface area contributed by atoms with Gasteiger partial charge in [0.25, 0.3) is 0 Å². The molecule has 0 radical (unpaired) electrons. The van der Waals surface area contributed by atoms with Crippen LogP contribution in [0.3, 0.4) is 0 Å². The summed E-state index contributed by atoms with van der Waals surface area (Å²) in [4.78, 5) is 1.73. The van der Waals surface area contributed by atoms with Gasteiger partial charge in [-0.2, -0.15) is 0 Å². The molecule has 4 heteroatoms. The van der Waals surface area contributed by atoms with Crippen LogP contribution in [0.2, 0.25) is 0 Å². The minimum Gasteiger partial charge on any atom is -0.249 e. The summed E-state index contributed by atoms with van der Waals surface area (Å²) < 4.78 is 14.6. The molecule has 0 unspecified atom stereocenters. The monoisotopic (exact) mass is 386 g/mol. The van der Waals surface area contributed by atoms with Gasteiger partial charge in [-0.05, 0) is 61.4 Å². The first kappa shape index (κ1) is 14.0. The first-order valence-corrected chi connectivity index (χ1v) is 8.16. The molecule has 2 aromatic rings. The van der Waals surface area contributed by atoms with Crippen LogP contribution in [0, 0.1) is 13.8 Å². The topological polar surface area (TPSA) is 17.1 Å². The van der Waals surface area contributed by atoms with E-state index in [0.717, 1.165) is 29.9 Å². The SMILES string of the molecule is Cc1cc(Br)ccc1S(=O)c1ccc(Br)cc1C. The minimum absolute atomic E-state index is 0.864. The second kappa shape index (κ2) is 5.68. The van der Waals surface area contributed by atoms with E-state index in [2.05, 4.69) is 31.9 Å². The minimum atomic E-state index is -1.13. The van der Waals surface area contributed by atoms with E-state index in [1.54, 1.807) is 0 Å². The standard InChI is InChI=1S/C14H12Br2OS/c1-9-7-11(15)3-5-13(9)18(17)14-6-4-12(16)8-10(14)2/h3-8H,1-2H3. The zero-order chi connectivity index (χ0) is 13.3. The van der Waals surface area contributed by atoms with Gasteiger partial charge in [-0.3, -0.25) is 0 Å². The quantitative estimate of drug-likeness (QED) is 0.708. The van der Waals surface area contributed by atoms with Gasteiger partial charge in [0, 0.05) is 18.7 Å². The molecule has 2 aromatic carbocycles. The fourth-order valence-electron chi connectivity index (χ4n) is 1.76. The lowest BCUT2D eigenvalue weighted by atomic mass is 10.2. The van der Waals surface area contributed by atoms with Crippen molar-refractivity contribution in [3.8, 4) is 0 Å². The molecule has 0 saturated heterocycles. The van der Waals surface area contributed by atoms with Gasteiger partial charge in [0.05, 0.1) is 10.8 Å². The van der Waals surface area contributed by atoms with E-state index in [-0.39, 0.29) is 0 Å². The van der Waals surface area contributed by atoms with E-state index in [1.807, 2.05) is 50.2 Å². The lowest BCUT2D eigenvalue weighted by Crippen LogP contribution is -1.98. The van der Waals surface area contributed by atoms with E-state index in [1.165, 1.54) is 0 Å². The van der Waals surface area contributed by atoms with Crippen molar-refractivity contribution < 1.29 is 4.21 Å². The Morgan fingerprint density at radius 1 is 0.833 bits per heavy atom. The van der Waals surface area contributed by atoms with Gasteiger partial charge in [0.15, 0.2) is 0 Å². The number of rotatable bonds is 2. The molecule has 2 rings (SSSR count). The predicted octanol–water partition coefficient (Wildman–Crippen LogP) is 5.00. The summed E-state index contributed by atoms with van der Waals surface area (Å²) in [7, 11) is -1.13. The third kappa shape index (κ3) is 2.92. The molecule has 0 aromatic heterocycles. The van der Waals surface area contributed by atoms with Gasteiger partial charge in [-0.15, -0.1) is 0 Å². The average Bonchev–Trinajstić information content (AvgIpc) is 2.28. The van der Waals surface area contributed by atoms with Gasteiger partial charge >= 0.3 is 0 Å². The second-order valence-corrected chi connectivity index (χ2v) is 7.34. The van der Waals surface area contributed by atoms with Crippen molar-refractivity contribution in [2.24, 2.45) is 0 Å². The van der Waals surface area contributed by atoms with E-state index in [0.29, 0.717) is 0 Å². The van der Waals surface area contributed by atoms with Crippen LogP contribution < -0.4 is 0 Å². The summed E-state index contributed by atoms with van der Waals surface area (Å²) in [5, 5.41) is 0. The molecule has 0 aliphatic carbocycles. The first-order valence-electron chi connectivity index (χ1n) is 5.43. The largest absolute Gasteiger partial charge is 0.249 e. The van der Waals surface area contributed by atoms with Gasteiger partial charge in [-0.25, -0.2) is 4.21 Å². The first-order chi connectivity index (χ1) is 8.49. The molecule has 1 nitrogen and oxygen atoms in total. The molecular formula is C14H12Br2OS. The number of benzene rings is 2. The third-order valence-electron chi connectivity index (χ3n) is 2.67. The summed E-state index contributed by atoms with van der Waals surface area (Å²) in [6, 6.07) is 11.7. The fraction of sp³-hybridized carbons (Fsp3) is 0.143. The molecule has 18 heavy (non-hydrogen) atoms. The maximum atomic E-state index is 12.6. The van der Waals surface area contributed by atoms with E-state index in [9.17, 15) is 4.21 Å². The Morgan fingerprint density at radius 2 is 1.22 bits per heavy atom. The highest BCUT2D eigenvalue weighted by atomic mass is 79.9. The van der Waals surface area contributed by atoms with Gasteiger partial charge in [0.1, 0.15) is 0 Å². The predicted molar refractivity (Wildman–Crippen MR) is 82.4 cm³/mol. The number of aryl methyl sites for hydroxylation is 2. The second-order valence-electron chi connectivity index (χ2n) is 4.09.